The lowest BCUT2D eigenvalue weighted by molar-refractivity contribution is -0.120. The van der Waals surface area contributed by atoms with E-state index in [9.17, 15) is 14.4 Å². The van der Waals surface area contributed by atoms with Crippen molar-refractivity contribution in [2.24, 2.45) is 0 Å². The minimum absolute atomic E-state index is 0.157. The maximum absolute atomic E-state index is 11.8. The zero-order chi connectivity index (χ0) is 15.0. The van der Waals surface area contributed by atoms with Crippen LogP contribution >= 0.6 is 0 Å². The molecule has 0 aliphatic carbocycles. The van der Waals surface area contributed by atoms with Crippen LogP contribution in [0.5, 0.6) is 0 Å². The zero-order valence-corrected chi connectivity index (χ0v) is 10.9. The van der Waals surface area contributed by atoms with Gasteiger partial charge in [-0.15, -0.1) is 0 Å². The number of nitrogens with zero attached hydrogens (tertiary/aromatic N) is 2. The van der Waals surface area contributed by atoms with Crippen molar-refractivity contribution in [2.45, 2.75) is 6.42 Å². The van der Waals surface area contributed by atoms with Crippen molar-refractivity contribution < 1.29 is 19.5 Å². The lowest BCUT2D eigenvalue weighted by atomic mass is 10.1. The standard InChI is InChI=1S/C14H11N3O4/c18-12-4-6-17(14(21)16-12)8-1-2-9-10(13(19)20)3-5-15-11(9)7-8/h1-3,5,7H,4,6H2,(H,19,20)(H,16,18,21). The normalized spacial score (nSPS) is 15.1. The van der Waals surface area contributed by atoms with E-state index in [-0.39, 0.29) is 24.4 Å². The number of anilines is 1. The molecule has 2 N–H and O–H groups in total. The first-order chi connectivity index (χ1) is 10.1. The summed E-state index contributed by atoms with van der Waals surface area (Å²) in [5.74, 6) is -1.33. The van der Waals surface area contributed by atoms with Crippen LogP contribution in [0.4, 0.5) is 10.5 Å². The Kier molecular flexibility index (Phi) is 3.02. The fraction of sp³-hybridized carbons (Fsp3) is 0.143. The van der Waals surface area contributed by atoms with Gasteiger partial charge in [0, 0.05) is 30.2 Å². The van der Waals surface area contributed by atoms with E-state index < -0.39 is 12.0 Å². The van der Waals surface area contributed by atoms with Crippen molar-refractivity contribution in [1.29, 1.82) is 0 Å². The predicted octanol–water partition coefficient (Wildman–Crippen LogP) is 1.38. The molecule has 21 heavy (non-hydrogen) atoms. The van der Waals surface area contributed by atoms with Gasteiger partial charge in [0.15, 0.2) is 0 Å². The summed E-state index contributed by atoms with van der Waals surface area (Å²) in [6, 6.07) is 5.84. The molecule has 3 rings (SSSR count). The Labute approximate surface area is 119 Å². The van der Waals surface area contributed by atoms with Gasteiger partial charge in [-0.1, -0.05) is 0 Å². The first-order valence-corrected chi connectivity index (χ1v) is 6.29. The Hall–Kier alpha value is -2.96. The van der Waals surface area contributed by atoms with Crippen LogP contribution in [-0.2, 0) is 4.79 Å². The lowest BCUT2D eigenvalue weighted by Crippen LogP contribution is -2.49. The summed E-state index contributed by atoms with van der Waals surface area (Å²) in [7, 11) is 0. The third-order valence-corrected chi connectivity index (χ3v) is 3.32. The highest BCUT2D eigenvalue weighted by Gasteiger charge is 2.24. The number of amides is 3. The van der Waals surface area contributed by atoms with E-state index in [0.29, 0.717) is 16.6 Å². The van der Waals surface area contributed by atoms with Gasteiger partial charge in [-0.2, -0.15) is 0 Å². The molecule has 1 fully saturated rings. The highest BCUT2D eigenvalue weighted by Crippen LogP contribution is 2.24. The molecule has 0 atom stereocenters. The van der Waals surface area contributed by atoms with E-state index in [1.54, 1.807) is 18.2 Å². The van der Waals surface area contributed by atoms with E-state index >= 15 is 0 Å². The smallest absolute Gasteiger partial charge is 0.336 e. The SMILES string of the molecule is O=C1CCN(c2ccc3c(C(=O)O)ccnc3c2)C(=O)N1. The van der Waals surface area contributed by atoms with E-state index in [2.05, 4.69) is 10.3 Å². The third-order valence-electron chi connectivity index (χ3n) is 3.32. The summed E-state index contributed by atoms with van der Waals surface area (Å²) in [5, 5.41) is 11.9. The largest absolute Gasteiger partial charge is 0.478 e. The number of benzene rings is 1. The average Bonchev–Trinajstić information content (AvgIpc) is 2.46. The van der Waals surface area contributed by atoms with Crippen LogP contribution in [0, 0.1) is 0 Å². The fourth-order valence-electron chi connectivity index (χ4n) is 2.30. The van der Waals surface area contributed by atoms with Crippen molar-refractivity contribution in [2.75, 3.05) is 11.4 Å². The number of carboxylic acid groups (broad SMARTS) is 1. The van der Waals surface area contributed by atoms with Gasteiger partial charge in [0.05, 0.1) is 11.1 Å². The Morgan fingerprint density at radius 2 is 2.10 bits per heavy atom. The van der Waals surface area contributed by atoms with Gasteiger partial charge in [0.25, 0.3) is 0 Å². The molecule has 1 aliphatic rings. The highest BCUT2D eigenvalue weighted by molar-refractivity contribution is 6.07. The van der Waals surface area contributed by atoms with Gasteiger partial charge in [0.1, 0.15) is 0 Å². The van der Waals surface area contributed by atoms with E-state index in [1.807, 2.05) is 0 Å². The molecule has 7 nitrogen and oxygen atoms in total. The fourth-order valence-corrected chi connectivity index (χ4v) is 2.30. The number of urea groups is 1. The molecular weight excluding hydrogens is 274 g/mol. The van der Waals surface area contributed by atoms with Gasteiger partial charge < -0.3 is 5.11 Å². The van der Waals surface area contributed by atoms with Crippen molar-refractivity contribution >= 4 is 34.5 Å². The summed E-state index contributed by atoms with van der Waals surface area (Å²) in [4.78, 5) is 39.6. The van der Waals surface area contributed by atoms with Crippen LogP contribution in [-0.4, -0.2) is 34.5 Å². The first-order valence-electron chi connectivity index (χ1n) is 6.29. The Morgan fingerprint density at radius 3 is 2.81 bits per heavy atom. The van der Waals surface area contributed by atoms with Crippen LogP contribution in [0.25, 0.3) is 10.9 Å². The van der Waals surface area contributed by atoms with Crippen molar-refractivity contribution in [3.63, 3.8) is 0 Å². The monoisotopic (exact) mass is 285 g/mol. The number of carbonyl (C=O) groups excluding carboxylic acids is 2. The first kappa shape index (κ1) is 13.0. The zero-order valence-electron chi connectivity index (χ0n) is 10.9. The Balaban J connectivity index is 2.04. The van der Waals surface area contributed by atoms with Gasteiger partial charge >= 0.3 is 12.0 Å². The molecule has 0 bridgehead atoms. The van der Waals surface area contributed by atoms with Crippen LogP contribution < -0.4 is 10.2 Å². The van der Waals surface area contributed by atoms with Gasteiger partial charge in [-0.3, -0.25) is 20.0 Å². The van der Waals surface area contributed by atoms with E-state index in [0.717, 1.165) is 0 Å². The number of aromatic carboxylic acids is 1. The number of carboxylic acids is 1. The molecule has 0 unspecified atom stereocenters. The minimum atomic E-state index is -1.03. The summed E-state index contributed by atoms with van der Waals surface area (Å²) in [6.45, 7) is 0.287. The molecule has 2 aromatic rings. The molecule has 2 heterocycles. The molecule has 3 amide bonds. The quantitative estimate of drug-likeness (QED) is 0.868. The molecule has 0 spiro atoms. The lowest BCUT2D eigenvalue weighted by Gasteiger charge is -2.26. The maximum atomic E-state index is 11.8. The number of aromatic nitrogens is 1. The van der Waals surface area contributed by atoms with Crippen molar-refractivity contribution in [3.8, 4) is 0 Å². The second-order valence-electron chi connectivity index (χ2n) is 4.62. The summed E-state index contributed by atoms with van der Waals surface area (Å²) in [6.07, 6.45) is 1.64. The molecule has 1 aromatic carbocycles. The number of imide groups is 1. The molecule has 0 saturated carbocycles. The minimum Gasteiger partial charge on any atom is -0.478 e. The van der Waals surface area contributed by atoms with Gasteiger partial charge in [0.2, 0.25) is 5.91 Å². The van der Waals surface area contributed by atoms with Crippen LogP contribution in [0.15, 0.2) is 30.5 Å². The number of hydrogen-bond donors (Lipinski definition) is 2. The number of pyridine rings is 1. The Bertz CT molecular complexity index is 772. The summed E-state index contributed by atoms with van der Waals surface area (Å²) in [5.41, 5.74) is 1.21. The second-order valence-corrected chi connectivity index (χ2v) is 4.62. The Morgan fingerprint density at radius 1 is 1.29 bits per heavy atom. The second kappa shape index (κ2) is 4.86. The molecule has 7 heteroatoms. The van der Waals surface area contributed by atoms with E-state index in [1.165, 1.54) is 17.2 Å². The van der Waals surface area contributed by atoms with Gasteiger partial charge in [-0.25, -0.2) is 9.59 Å². The van der Waals surface area contributed by atoms with Crippen molar-refractivity contribution in [3.05, 3.63) is 36.0 Å². The van der Waals surface area contributed by atoms with Crippen LogP contribution in [0.3, 0.4) is 0 Å². The molecule has 0 radical (unpaired) electrons. The maximum Gasteiger partial charge on any atom is 0.336 e. The summed E-state index contributed by atoms with van der Waals surface area (Å²) < 4.78 is 0. The number of rotatable bonds is 2. The third kappa shape index (κ3) is 2.29. The van der Waals surface area contributed by atoms with Crippen molar-refractivity contribution in [1.82, 2.24) is 10.3 Å². The predicted molar refractivity (Wildman–Crippen MR) is 74.2 cm³/mol. The highest BCUT2D eigenvalue weighted by atomic mass is 16.4. The molecule has 106 valence electrons. The molecule has 1 aromatic heterocycles. The molecular formula is C14H11N3O4. The van der Waals surface area contributed by atoms with Crippen LogP contribution in [0.2, 0.25) is 0 Å². The molecule has 1 saturated heterocycles. The van der Waals surface area contributed by atoms with E-state index in [4.69, 9.17) is 5.11 Å². The van der Waals surface area contributed by atoms with Gasteiger partial charge in [-0.05, 0) is 24.3 Å². The number of fused-ring (bicyclic) bond motifs is 1. The number of nitrogens with one attached hydrogen (secondary N) is 1. The van der Waals surface area contributed by atoms with Crippen LogP contribution in [0.1, 0.15) is 16.8 Å². The molecule has 1 aliphatic heterocycles. The average molecular weight is 285 g/mol. The topological polar surface area (TPSA) is 99.6 Å². The number of carbonyl (C=O) groups is 3. The summed E-state index contributed by atoms with van der Waals surface area (Å²) >= 11 is 0. The number of hydrogen-bond acceptors (Lipinski definition) is 4.